The minimum absolute atomic E-state index is 0.0368. The van der Waals surface area contributed by atoms with Gasteiger partial charge in [0.1, 0.15) is 17.9 Å². The first-order valence-corrected chi connectivity index (χ1v) is 11.3. The van der Waals surface area contributed by atoms with Gasteiger partial charge in [0.15, 0.2) is 0 Å². The second-order valence-electron chi connectivity index (χ2n) is 7.61. The zero-order valence-electron chi connectivity index (χ0n) is 16.8. The molecule has 0 aromatic heterocycles. The maximum Gasteiger partial charge on any atom is 0.242 e. The van der Waals surface area contributed by atoms with Crippen molar-refractivity contribution in [2.24, 2.45) is 0 Å². The van der Waals surface area contributed by atoms with E-state index in [0.717, 1.165) is 25.0 Å². The molecular formula is C23H26N2O3S. The third kappa shape index (κ3) is 4.27. The summed E-state index contributed by atoms with van der Waals surface area (Å²) in [6.45, 7) is 2.64. The smallest absolute Gasteiger partial charge is 0.242 e. The van der Waals surface area contributed by atoms with Gasteiger partial charge in [0.05, 0.1) is 6.54 Å². The molecule has 1 fully saturated rings. The molecule has 6 heteroatoms. The maximum absolute atomic E-state index is 12.5. The Morgan fingerprint density at radius 3 is 2.66 bits per heavy atom. The number of ether oxygens (including phenoxy) is 1. The van der Waals surface area contributed by atoms with Gasteiger partial charge >= 0.3 is 0 Å². The number of hydrogen-bond donors (Lipinski definition) is 1. The molecule has 0 aliphatic carbocycles. The number of amides is 2. The molecule has 1 saturated heterocycles. The summed E-state index contributed by atoms with van der Waals surface area (Å²) in [5.74, 6) is 0.775. The van der Waals surface area contributed by atoms with E-state index in [-0.39, 0.29) is 24.0 Å². The Bertz CT molecular complexity index is 913. The fourth-order valence-electron chi connectivity index (χ4n) is 4.15. The third-order valence-corrected chi connectivity index (χ3v) is 6.43. The third-order valence-electron chi connectivity index (χ3n) is 5.69. The lowest BCUT2D eigenvalue weighted by atomic mass is 10.0. The van der Waals surface area contributed by atoms with Crippen LogP contribution in [0.1, 0.15) is 25.3 Å². The molecule has 2 aliphatic heterocycles. The van der Waals surface area contributed by atoms with Crippen molar-refractivity contribution < 1.29 is 14.3 Å². The van der Waals surface area contributed by atoms with E-state index in [4.69, 9.17) is 4.74 Å². The highest BCUT2D eigenvalue weighted by molar-refractivity contribution is 7.98. The quantitative estimate of drug-likeness (QED) is 0.767. The van der Waals surface area contributed by atoms with Gasteiger partial charge in [-0.2, -0.15) is 0 Å². The lowest BCUT2D eigenvalue weighted by Crippen LogP contribution is -2.47. The lowest BCUT2D eigenvalue weighted by Gasteiger charge is -2.23. The summed E-state index contributed by atoms with van der Waals surface area (Å²) in [6.07, 6.45) is 4.38. The predicted molar refractivity (Wildman–Crippen MR) is 115 cm³/mol. The van der Waals surface area contributed by atoms with E-state index >= 15 is 0 Å². The molecule has 2 aliphatic rings. The van der Waals surface area contributed by atoms with Crippen molar-refractivity contribution in [2.45, 2.75) is 43.2 Å². The predicted octanol–water partition coefficient (Wildman–Crippen LogP) is 3.51. The van der Waals surface area contributed by atoms with E-state index in [1.54, 1.807) is 16.7 Å². The van der Waals surface area contributed by atoms with Crippen molar-refractivity contribution in [2.75, 3.05) is 19.3 Å². The molecule has 152 valence electrons. The molecule has 2 aromatic rings. The van der Waals surface area contributed by atoms with Gasteiger partial charge < -0.3 is 15.0 Å². The molecule has 2 amide bonds. The lowest BCUT2D eigenvalue weighted by molar-refractivity contribution is -0.137. The van der Waals surface area contributed by atoms with Gasteiger partial charge in [0, 0.05) is 24.8 Å². The maximum atomic E-state index is 12.5. The standard InChI is InChI=1S/C23H26N2O3S/c1-15(26)25-11-3-4-21(25)23(27)24-14-19-13-18-12-17(7-10-22(18)28-19)16-5-8-20(29-2)9-6-16/h5-10,12,19,21H,3-4,11,13-14H2,1-2H3,(H,24,27)/t19?,21-/m0/s1. The zero-order chi connectivity index (χ0) is 20.4. The van der Waals surface area contributed by atoms with Crippen LogP contribution in [0.5, 0.6) is 5.75 Å². The molecule has 29 heavy (non-hydrogen) atoms. The van der Waals surface area contributed by atoms with Crippen LogP contribution in [-0.2, 0) is 16.0 Å². The van der Waals surface area contributed by atoms with Crippen molar-refractivity contribution in [3.63, 3.8) is 0 Å². The minimum Gasteiger partial charge on any atom is -0.488 e. The first kappa shape index (κ1) is 19.8. The molecule has 1 N–H and O–H groups in total. The zero-order valence-corrected chi connectivity index (χ0v) is 17.6. The van der Waals surface area contributed by atoms with Crippen molar-refractivity contribution >= 4 is 23.6 Å². The first-order valence-electron chi connectivity index (χ1n) is 10.0. The fraction of sp³-hybridized carbons (Fsp3) is 0.391. The number of benzene rings is 2. The number of carbonyl (C=O) groups excluding carboxylic acids is 2. The Morgan fingerprint density at radius 1 is 1.17 bits per heavy atom. The van der Waals surface area contributed by atoms with E-state index in [0.29, 0.717) is 13.1 Å². The van der Waals surface area contributed by atoms with Crippen LogP contribution in [-0.4, -0.2) is 48.2 Å². The fourth-order valence-corrected chi connectivity index (χ4v) is 4.55. The Morgan fingerprint density at radius 2 is 1.93 bits per heavy atom. The van der Waals surface area contributed by atoms with E-state index in [1.807, 2.05) is 6.07 Å². The van der Waals surface area contributed by atoms with Gasteiger partial charge in [-0.3, -0.25) is 9.59 Å². The molecule has 4 rings (SSSR count). The van der Waals surface area contributed by atoms with Crippen LogP contribution in [0.15, 0.2) is 47.4 Å². The number of hydrogen-bond acceptors (Lipinski definition) is 4. The minimum atomic E-state index is -0.341. The van der Waals surface area contributed by atoms with Crippen LogP contribution >= 0.6 is 11.8 Å². The van der Waals surface area contributed by atoms with Gasteiger partial charge in [0.2, 0.25) is 11.8 Å². The molecule has 5 nitrogen and oxygen atoms in total. The number of nitrogens with zero attached hydrogens (tertiary/aromatic N) is 1. The van der Waals surface area contributed by atoms with Crippen LogP contribution in [0.4, 0.5) is 0 Å². The van der Waals surface area contributed by atoms with E-state index < -0.39 is 0 Å². The van der Waals surface area contributed by atoms with Crippen molar-refractivity contribution in [3.05, 3.63) is 48.0 Å². The van der Waals surface area contributed by atoms with Gasteiger partial charge in [-0.25, -0.2) is 0 Å². The summed E-state index contributed by atoms with van der Waals surface area (Å²) in [6, 6.07) is 14.5. The monoisotopic (exact) mass is 410 g/mol. The highest BCUT2D eigenvalue weighted by Gasteiger charge is 2.33. The second kappa shape index (κ2) is 8.49. The first-order chi connectivity index (χ1) is 14.0. The summed E-state index contributed by atoms with van der Waals surface area (Å²) in [5.41, 5.74) is 3.53. The van der Waals surface area contributed by atoms with E-state index in [1.165, 1.54) is 28.5 Å². The van der Waals surface area contributed by atoms with Gasteiger partial charge in [-0.1, -0.05) is 18.2 Å². The van der Waals surface area contributed by atoms with Crippen molar-refractivity contribution in [1.29, 1.82) is 0 Å². The molecule has 0 saturated carbocycles. The molecule has 0 bridgehead atoms. The molecule has 0 spiro atoms. The number of likely N-dealkylation sites (tertiary alicyclic amines) is 1. The Balaban J connectivity index is 1.36. The Kier molecular flexibility index (Phi) is 5.81. The summed E-state index contributed by atoms with van der Waals surface area (Å²) in [4.78, 5) is 27.1. The van der Waals surface area contributed by atoms with Gasteiger partial charge in [0.25, 0.3) is 0 Å². The van der Waals surface area contributed by atoms with Crippen LogP contribution in [0, 0.1) is 0 Å². The largest absolute Gasteiger partial charge is 0.488 e. The number of fused-ring (bicyclic) bond motifs is 1. The average Bonchev–Trinajstić information content (AvgIpc) is 3.38. The summed E-state index contributed by atoms with van der Waals surface area (Å²) in [7, 11) is 0. The van der Waals surface area contributed by atoms with Crippen LogP contribution in [0.25, 0.3) is 11.1 Å². The van der Waals surface area contributed by atoms with E-state index in [2.05, 4.69) is 48.0 Å². The molecular weight excluding hydrogens is 384 g/mol. The topological polar surface area (TPSA) is 58.6 Å². The van der Waals surface area contributed by atoms with Gasteiger partial charge in [-0.05, 0) is 60.1 Å². The van der Waals surface area contributed by atoms with Crippen LogP contribution in [0.2, 0.25) is 0 Å². The second-order valence-corrected chi connectivity index (χ2v) is 8.49. The SMILES string of the molecule is CSc1ccc(-c2ccc3c(c2)CC(CNC(=O)[C@@H]2CCCN2C(C)=O)O3)cc1. The number of rotatable bonds is 5. The highest BCUT2D eigenvalue weighted by Crippen LogP contribution is 2.33. The summed E-state index contributed by atoms with van der Waals surface area (Å²) < 4.78 is 6.02. The molecule has 0 radical (unpaired) electrons. The highest BCUT2D eigenvalue weighted by atomic mass is 32.2. The number of carbonyl (C=O) groups is 2. The number of nitrogens with one attached hydrogen (secondary N) is 1. The van der Waals surface area contributed by atoms with E-state index in [9.17, 15) is 9.59 Å². The van der Waals surface area contributed by atoms with Crippen molar-refractivity contribution in [1.82, 2.24) is 10.2 Å². The summed E-state index contributed by atoms with van der Waals surface area (Å²) in [5, 5.41) is 2.99. The Labute approximate surface area is 175 Å². The summed E-state index contributed by atoms with van der Waals surface area (Å²) >= 11 is 1.74. The molecule has 1 unspecified atom stereocenters. The molecule has 2 atom stereocenters. The average molecular weight is 411 g/mol. The van der Waals surface area contributed by atoms with Crippen LogP contribution < -0.4 is 10.1 Å². The molecule has 2 heterocycles. The van der Waals surface area contributed by atoms with Gasteiger partial charge in [-0.15, -0.1) is 11.8 Å². The molecule has 2 aromatic carbocycles. The number of thioether (sulfide) groups is 1. The normalized spacial score (nSPS) is 20.3. The van der Waals surface area contributed by atoms with Crippen molar-refractivity contribution in [3.8, 4) is 16.9 Å². The Hall–Kier alpha value is -2.47. The van der Waals surface area contributed by atoms with Crippen LogP contribution in [0.3, 0.4) is 0 Å².